The molecular weight excluding hydrogens is 384 g/mol. The van der Waals surface area contributed by atoms with E-state index in [9.17, 15) is 23.3 Å². The monoisotopic (exact) mass is 404 g/mol. The van der Waals surface area contributed by atoms with Gasteiger partial charge in [-0.15, -0.1) is 0 Å². The van der Waals surface area contributed by atoms with E-state index in [1.54, 1.807) is 18.2 Å². The number of sulfonamides is 1. The van der Waals surface area contributed by atoms with Gasteiger partial charge in [-0.1, -0.05) is 25.0 Å². The highest BCUT2D eigenvalue weighted by Gasteiger charge is 2.28. The van der Waals surface area contributed by atoms with Gasteiger partial charge >= 0.3 is 5.69 Å². The van der Waals surface area contributed by atoms with Crippen molar-refractivity contribution < 1.29 is 22.9 Å². The number of ether oxygens (including phenoxy) is 1. The number of nitrogens with zero attached hydrogens (tertiary/aromatic N) is 2. The molecule has 2 aromatic rings. The normalized spacial score (nSPS) is 15.6. The Morgan fingerprint density at radius 1 is 1.04 bits per heavy atom. The van der Waals surface area contributed by atoms with E-state index >= 15 is 0 Å². The van der Waals surface area contributed by atoms with E-state index in [0.717, 1.165) is 31.7 Å². The number of hydrogen-bond donors (Lipinski definition) is 0. The molecule has 0 N–H and O–H groups in total. The standard InChI is InChI=1S/C19H20N2O6S/c22-14-15-6-5-7-16(12-15)27-19-9-8-17(13-18(19)21(23)24)28(25,26)20-10-3-1-2-4-11-20/h5-9,12-14H,1-4,10-11H2. The van der Waals surface area contributed by atoms with Crippen molar-refractivity contribution in [2.45, 2.75) is 30.6 Å². The van der Waals surface area contributed by atoms with Crippen LogP contribution in [0.5, 0.6) is 11.5 Å². The molecule has 0 atom stereocenters. The van der Waals surface area contributed by atoms with E-state index < -0.39 is 20.6 Å². The van der Waals surface area contributed by atoms with Gasteiger partial charge in [0.1, 0.15) is 12.0 Å². The maximum absolute atomic E-state index is 12.9. The van der Waals surface area contributed by atoms with E-state index in [-0.39, 0.29) is 16.4 Å². The molecular formula is C19H20N2O6S. The Labute approximate surface area is 162 Å². The summed E-state index contributed by atoms with van der Waals surface area (Å²) in [4.78, 5) is 21.6. The summed E-state index contributed by atoms with van der Waals surface area (Å²) in [5, 5.41) is 11.5. The second kappa shape index (κ2) is 8.49. The minimum absolute atomic E-state index is 0.0946. The van der Waals surface area contributed by atoms with Crippen LogP contribution in [0.4, 0.5) is 5.69 Å². The SMILES string of the molecule is O=Cc1cccc(Oc2ccc(S(=O)(=O)N3CCCCCC3)cc2[N+](=O)[O-])c1. The molecule has 1 saturated heterocycles. The highest BCUT2D eigenvalue weighted by Crippen LogP contribution is 2.34. The minimum Gasteiger partial charge on any atom is -0.450 e. The second-order valence-corrected chi connectivity index (χ2v) is 8.44. The fourth-order valence-corrected chi connectivity index (χ4v) is 4.63. The number of carbonyl (C=O) groups is 1. The zero-order valence-corrected chi connectivity index (χ0v) is 15.9. The summed E-state index contributed by atoms with van der Waals surface area (Å²) in [7, 11) is -3.81. The molecule has 0 unspecified atom stereocenters. The Balaban J connectivity index is 1.94. The van der Waals surface area contributed by atoms with E-state index in [1.807, 2.05) is 0 Å². The number of hydrogen-bond acceptors (Lipinski definition) is 6. The lowest BCUT2D eigenvalue weighted by Crippen LogP contribution is -2.31. The molecule has 0 saturated carbocycles. The molecule has 3 rings (SSSR count). The highest BCUT2D eigenvalue weighted by atomic mass is 32.2. The number of rotatable bonds is 6. The first-order valence-electron chi connectivity index (χ1n) is 8.93. The van der Waals surface area contributed by atoms with Crippen LogP contribution >= 0.6 is 0 Å². The number of nitro groups is 1. The second-order valence-electron chi connectivity index (χ2n) is 6.50. The molecule has 0 radical (unpaired) electrons. The van der Waals surface area contributed by atoms with Crippen LogP contribution in [0.25, 0.3) is 0 Å². The molecule has 0 amide bonds. The van der Waals surface area contributed by atoms with Gasteiger partial charge in [0.2, 0.25) is 15.8 Å². The Hall–Kier alpha value is -2.78. The van der Waals surface area contributed by atoms with Gasteiger partial charge in [-0.2, -0.15) is 4.31 Å². The highest BCUT2D eigenvalue weighted by molar-refractivity contribution is 7.89. The van der Waals surface area contributed by atoms with E-state index in [2.05, 4.69) is 0 Å². The Kier molecular flexibility index (Phi) is 6.05. The Morgan fingerprint density at radius 3 is 2.39 bits per heavy atom. The first-order valence-corrected chi connectivity index (χ1v) is 10.4. The quantitative estimate of drug-likeness (QED) is 0.412. The van der Waals surface area contributed by atoms with Gasteiger partial charge in [-0.05, 0) is 37.1 Å². The van der Waals surface area contributed by atoms with Gasteiger partial charge < -0.3 is 4.74 Å². The van der Waals surface area contributed by atoms with Crippen LogP contribution < -0.4 is 4.74 Å². The predicted octanol–water partition coefficient (Wildman–Crippen LogP) is 3.76. The maximum Gasteiger partial charge on any atom is 0.312 e. The first kappa shape index (κ1) is 20.0. The molecule has 9 heteroatoms. The fourth-order valence-electron chi connectivity index (χ4n) is 3.10. The van der Waals surface area contributed by atoms with Gasteiger partial charge in [0, 0.05) is 24.7 Å². The molecule has 148 valence electrons. The molecule has 1 aliphatic rings. The first-order chi connectivity index (χ1) is 13.4. The summed E-state index contributed by atoms with van der Waals surface area (Å²) in [6.45, 7) is 0.819. The smallest absolute Gasteiger partial charge is 0.312 e. The summed E-state index contributed by atoms with van der Waals surface area (Å²) in [6, 6.07) is 9.77. The van der Waals surface area contributed by atoms with Crippen LogP contribution in [0.3, 0.4) is 0 Å². The molecule has 1 aliphatic heterocycles. The van der Waals surface area contributed by atoms with E-state index in [4.69, 9.17) is 4.74 Å². The third-order valence-electron chi connectivity index (χ3n) is 4.55. The molecule has 28 heavy (non-hydrogen) atoms. The average Bonchev–Trinajstić information content (AvgIpc) is 2.98. The lowest BCUT2D eigenvalue weighted by atomic mass is 10.2. The summed E-state index contributed by atoms with van der Waals surface area (Å²) in [5.74, 6) is 0.152. The third-order valence-corrected chi connectivity index (χ3v) is 6.45. The van der Waals surface area contributed by atoms with Crippen LogP contribution in [-0.4, -0.2) is 37.0 Å². The van der Waals surface area contributed by atoms with Crippen LogP contribution in [-0.2, 0) is 10.0 Å². The van der Waals surface area contributed by atoms with Crippen molar-refractivity contribution in [2.24, 2.45) is 0 Å². The topological polar surface area (TPSA) is 107 Å². The minimum atomic E-state index is -3.81. The van der Waals surface area contributed by atoms with Gasteiger partial charge in [-0.3, -0.25) is 14.9 Å². The number of nitro benzene ring substituents is 1. The summed E-state index contributed by atoms with van der Waals surface area (Å²) in [5.41, 5.74) is -0.0899. The molecule has 0 bridgehead atoms. The lowest BCUT2D eigenvalue weighted by molar-refractivity contribution is -0.385. The molecule has 1 heterocycles. The van der Waals surface area contributed by atoms with Crippen molar-refractivity contribution in [3.8, 4) is 11.5 Å². The molecule has 0 spiro atoms. The average molecular weight is 404 g/mol. The van der Waals surface area contributed by atoms with E-state index in [1.165, 1.54) is 22.5 Å². The number of aldehydes is 1. The molecule has 0 aliphatic carbocycles. The van der Waals surface area contributed by atoms with Gasteiger partial charge in [0.15, 0.2) is 0 Å². The van der Waals surface area contributed by atoms with Crippen molar-refractivity contribution in [2.75, 3.05) is 13.1 Å². The number of benzene rings is 2. The summed E-state index contributed by atoms with van der Waals surface area (Å²) in [6.07, 6.45) is 4.13. The van der Waals surface area contributed by atoms with Gasteiger partial charge in [-0.25, -0.2) is 8.42 Å². The van der Waals surface area contributed by atoms with Crippen molar-refractivity contribution in [1.82, 2.24) is 4.31 Å². The Bertz CT molecular complexity index is 982. The van der Waals surface area contributed by atoms with Gasteiger partial charge in [0.25, 0.3) is 0 Å². The molecule has 2 aromatic carbocycles. The van der Waals surface area contributed by atoms with Crippen molar-refractivity contribution in [3.63, 3.8) is 0 Å². The van der Waals surface area contributed by atoms with Crippen LogP contribution in [0.15, 0.2) is 47.4 Å². The summed E-state index contributed by atoms with van der Waals surface area (Å²) >= 11 is 0. The van der Waals surface area contributed by atoms with Crippen molar-refractivity contribution >= 4 is 22.0 Å². The Morgan fingerprint density at radius 2 is 1.75 bits per heavy atom. The largest absolute Gasteiger partial charge is 0.450 e. The van der Waals surface area contributed by atoms with Crippen LogP contribution in [0, 0.1) is 10.1 Å². The summed E-state index contributed by atoms with van der Waals surface area (Å²) < 4.78 is 32.7. The fraction of sp³-hybridized carbons (Fsp3) is 0.316. The third kappa shape index (κ3) is 4.37. The predicted molar refractivity (Wildman–Crippen MR) is 102 cm³/mol. The maximum atomic E-state index is 12.9. The zero-order chi connectivity index (χ0) is 20.1. The zero-order valence-electron chi connectivity index (χ0n) is 15.1. The van der Waals surface area contributed by atoms with Crippen LogP contribution in [0.2, 0.25) is 0 Å². The molecule has 1 fully saturated rings. The van der Waals surface area contributed by atoms with Crippen LogP contribution in [0.1, 0.15) is 36.0 Å². The van der Waals surface area contributed by atoms with Crippen molar-refractivity contribution in [3.05, 3.63) is 58.1 Å². The van der Waals surface area contributed by atoms with Gasteiger partial charge in [0.05, 0.1) is 9.82 Å². The lowest BCUT2D eigenvalue weighted by Gasteiger charge is -2.20. The van der Waals surface area contributed by atoms with Crippen molar-refractivity contribution in [1.29, 1.82) is 0 Å². The molecule has 0 aromatic heterocycles. The molecule has 8 nitrogen and oxygen atoms in total. The van der Waals surface area contributed by atoms with E-state index in [0.29, 0.717) is 24.9 Å². The number of carbonyl (C=O) groups excluding carboxylic acids is 1.